The Hall–Kier alpha value is -0.830. The summed E-state index contributed by atoms with van der Waals surface area (Å²) in [5.41, 5.74) is 5.16. The van der Waals surface area contributed by atoms with Crippen molar-refractivity contribution in [1.82, 2.24) is 5.43 Å². The van der Waals surface area contributed by atoms with Gasteiger partial charge in [0.25, 0.3) is 0 Å². The Balaban J connectivity index is 2.31. The van der Waals surface area contributed by atoms with Gasteiger partial charge in [-0.05, 0) is 13.8 Å². The first-order chi connectivity index (χ1) is 5.70. The monoisotopic (exact) mass is 168 g/mol. The van der Waals surface area contributed by atoms with Gasteiger partial charge in [0.2, 0.25) is 0 Å². The summed E-state index contributed by atoms with van der Waals surface area (Å²) >= 11 is 0. The van der Waals surface area contributed by atoms with E-state index in [1.54, 1.807) is 0 Å². The van der Waals surface area contributed by atoms with Gasteiger partial charge in [0.15, 0.2) is 0 Å². The Morgan fingerprint density at radius 2 is 2.58 bits per heavy atom. The van der Waals surface area contributed by atoms with Crippen molar-refractivity contribution in [3.8, 4) is 0 Å². The molecule has 68 valence electrons. The van der Waals surface area contributed by atoms with Gasteiger partial charge in [0, 0.05) is 6.42 Å². The van der Waals surface area contributed by atoms with E-state index >= 15 is 0 Å². The Morgan fingerprint density at radius 3 is 3.08 bits per heavy atom. The number of rotatable bonds is 3. The summed E-state index contributed by atoms with van der Waals surface area (Å²) in [6.45, 7) is 9.32. The molecule has 0 aromatic rings. The fourth-order valence-corrected chi connectivity index (χ4v) is 1.06. The van der Waals surface area contributed by atoms with Gasteiger partial charge >= 0.3 is 0 Å². The van der Waals surface area contributed by atoms with E-state index in [1.165, 1.54) is 0 Å². The first-order valence-electron chi connectivity index (χ1n) is 4.25. The zero-order chi connectivity index (χ0) is 8.97. The van der Waals surface area contributed by atoms with Crippen LogP contribution < -0.4 is 5.43 Å². The normalized spacial score (nSPS) is 26.2. The predicted octanol–water partition coefficient (Wildman–Crippen LogP) is 1.32. The molecule has 0 aromatic carbocycles. The quantitative estimate of drug-likeness (QED) is 0.509. The van der Waals surface area contributed by atoms with E-state index in [-0.39, 0.29) is 6.10 Å². The standard InChI is InChI=1S/C9H16N2O/c1-7(2)6-10-11-9-4-5-12-8(9)3/h8,10H,1,4-6H2,2-3H3/b11-9-. The van der Waals surface area contributed by atoms with Gasteiger partial charge in [-0.2, -0.15) is 5.10 Å². The van der Waals surface area contributed by atoms with Crippen molar-refractivity contribution in [2.45, 2.75) is 26.4 Å². The van der Waals surface area contributed by atoms with Crippen LogP contribution in [0.15, 0.2) is 17.3 Å². The molecule has 1 unspecified atom stereocenters. The molecule has 0 aliphatic carbocycles. The fraction of sp³-hybridized carbons (Fsp3) is 0.667. The first kappa shape index (κ1) is 9.26. The summed E-state index contributed by atoms with van der Waals surface area (Å²) in [6.07, 6.45) is 1.13. The summed E-state index contributed by atoms with van der Waals surface area (Å²) < 4.78 is 5.33. The van der Waals surface area contributed by atoms with E-state index < -0.39 is 0 Å². The highest BCUT2D eigenvalue weighted by Crippen LogP contribution is 2.08. The van der Waals surface area contributed by atoms with Gasteiger partial charge in [-0.1, -0.05) is 12.2 Å². The molecule has 1 N–H and O–H groups in total. The third-order valence-corrected chi connectivity index (χ3v) is 1.80. The molecule has 1 heterocycles. The fourth-order valence-electron chi connectivity index (χ4n) is 1.06. The van der Waals surface area contributed by atoms with Gasteiger partial charge in [-0.15, -0.1) is 0 Å². The van der Waals surface area contributed by atoms with Gasteiger partial charge < -0.3 is 10.2 Å². The second-order valence-corrected chi connectivity index (χ2v) is 3.16. The molecule has 0 saturated carbocycles. The van der Waals surface area contributed by atoms with Gasteiger partial charge in [-0.25, -0.2) is 0 Å². The number of ether oxygens (including phenoxy) is 1. The smallest absolute Gasteiger partial charge is 0.0946 e. The molecule has 0 spiro atoms. The molecule has 1 aliphatic rings. The minimum absolute atomic E-state index is 0.183. The van der Waals surface area contributed by atoms with E-state index in [1.807, 2.05) is 13.8 Å². The van der Waals surface area contributed by atoms with E-state index in [0.29, 0.717) is 0 Å². The third kappa shape index (κ3) is 2.66. The molecule has 1 saturated heterocycles. The number of hydrogen-bond donors (Lipinski definition) is 1. The molecule has 1 aliphatic heterocycles. The van der Waals surface area contributed by atoms with Crippen LogP contribution in [0, 0.1) is 0 Å². The predicted molar refractivity (Wildman–Crippen MR) is 50.3 cm³/mol. The van der Waals surface area contributed by atoms with E-state index in [0.717, 1.165) is 30.9 Å². The molecule has 1 fully saturated rings. The van der Waals surface area contributed by atoms with Crippen molar-refractivity contribution in [3.63, 3.8) is 0 Å². The molecule has 0 aromatic heterocycles. The Bertz CT molecular complexity index is 199. The Labute approximate surface area is 73.5 Å². The van der Waals surface area contributed by atoms with Crippen molar-refractivity contribution in [1.29, 1.82) is 0 Å². The van der Waals surface area contributed by atoms with E-state index in [9.17, 15) is 0 Å². The minimum Gasteiger partial charge on any atom is -0.372 e. The molecule has 3 nitrogen and oxygen atoms in total. The van der Waals surface area contributed by atoms with E-state index in [2.05, 4.69) is 17.1 Å². The van der Waals surface area contributed by atoms with Crippen LogP contribution in [0.1, 0.15) is 20.3 Å². The van der Waals surface area contributed by atoms with Crippen LogP contribution in [0.25, 0.3) is 0 Å². The molecular formula is C9H16N2O. The van der Waals surface area contributed by atoms with Crippen molar-refractivity contribution in [2.24, 2.45) is 5.10 Å². The highest BCUT2D eigenvalue weighted by molar-refractivity contribution is 5.89. The summed E-state index contributed by atoms with van der Waals surface area (Å²) in [7, 11) is 0. The maximum atomic E-state index is 5.33. The SMILES string of the molecule is C=C(C)CN/N=C1/CCOC1C. The van der Waals surface area contributed by atoms with Crippen LogP contribution in [-0.4, -0.2) is 25.0 Å². The summed E-state index contributed by atoms with van der Waals surface area (Å²) in [5.74, 6) is 0. The molecule has 1 rings (SSSR count). The Kier molecular flexibility index (Phi) is 3.29. The third-order valence-electron chi connectivity index (χ3n) is 1.80. The largest absolute Gasteiger partial charge is 0.372 e. The zero-order valence-corrected chi connectivity index (χ0v) is 7.76. The first-order valence-corrected chi connectivity index (χ1v) is 4.25. The topological polar surface area (TPSA) is 33.6 Å². The van der Waals surface area contributed by atoms with Crippen LogP contribution in [0.2, 0.25) is 0 Å². The molecular weight excluding hydrogens is 152 g/mol. The number of hydrogen-bond acceptors (Lipinski definition) is 3. The minimum atomic E-state index is 0.183. The van der Waals surface area contributed by atoms with Crippen LogP contribution in [0.3, 0.4) is 0 Å². The second kappa shape index (κ2) is 4.26. The van der Waals surface area contributed by atoms with Crippen LogP contribution >= 0.6 is 0 Å². The van der Waals surface area contributed by atoms with E-state index in [4.69, 9.17) is 4.74 Å². The number of hydrazone groups is 1. The lowest BCUT2D eigenvalue weighted by Gasteiger charge is -2.04. The lowest BCUT2D eigenvalue weighted by molar-refractivity contribution is 0.145. The van der Waals surface area contributed by atoms with Crippen molar-refractivity contribution in [3.05, 3.63) is 12.2 Å². The van der Waals surface area contributed by atoms with Crippen LogP contribution in [0.4, 0.5) is 0 Å². The Morgan fingerprint density at radius 1 is 1.83 bits per heavy atom. The van der Waals surface area contributed by atoms with Crippen molar-refractivity contribution in [2.75, 3.05) is 13.2 Å². The summed E-state index contributed by atoms with van der Waals surface area (Å²) in [5, 5.41) is 4.23. The summed E-state index contributed by atoms with van der Waals surface area (Å²) in [4.78, 5) is 0. The van der Waals surface area contributed by atoms with Crippen LogP contribution in [0.5, 0.6) is 0 Å². The molecule has 3 heteroatoms. The lowest BCUT2D eigenvalue weighted by atomic mass is 10.2. The molecule has 0 bridgehead atoms. The maximum absolute atomic E-state index is 5.33. The zero-order valence-electron chi connectivity index (χ0n) is 7.76. The van der Waals surface area contributed by atoms with Crippen molar-refractivity contribution < 1.29 is 4.74 Å². The highest BCUT2D eigenvalue weighted by atomic mass is 16.5. The lowest BCUT2D eigenvalue weighted by Crippen LogP contribution is -2.17. The molecule has 0 amide bonds. The number of nitrogens with one attached hydrogen (secondary N) is 1. The number of nitrogens with zero attached hydrogens (tertiary/aromatic N) is 1. The highest BCUT2D eigenvalue weighted by Gasteiger charge is 2.17. The second-order valence-electron chi connectivity index (χ2n) is 3.16. The van der Waals surface area contributed by atoms with Crippen molar-refractivity contribution >= 4 is 5.71 Å². The molecule has 12 heavy (non-hydrogen) atoms. The summed E-state index contributed by atoms with van der Waals surface area (Å²) in [6, 6.07) is 0. The molecule has 1 atom stereocenters. The van der Waals surface area contributed by atoms with Gasteiger partial charge in [-0.3, -0.25) is 0 Å². The maximum Gasteiger partial charge on any atom is 0.0946 e. The van der Waals surface area contributed by atoms with Gasteiger partial charge in [0.05, 0.1) is 25.0 Å². The van der Waals surface area contributed by atoms with Crippen LogP contribution in [-0.2, 0) is 4.74 Å². The van der Waals surface area contributed by atoms with Gasteiger partial charge in [0.1, 0.15) is 0 Å². The average molecular weight is 168 g/mol. The average Bonchev–Trinajstić information content (AvgIpc) is 2.36. The molecule has 0 radical (unpaired) electrons.